The highest BCUT2D eigenvalue weighted by Gasteiger charge is 2.07. The van der Waals surface area contributed by atoms with Crippen LogP contribution in [0.3, 0.4) is 0 Å². The Bertz CT molecular complexity index is 1070. The van der Waals surface area contributed by atoms with E-state index in [9.17, 15) is 4.79 Å². The zero-order chi connectivity index (χ0) is 14.4. The van der Waals surface area contributed by atoms with Crippen molar-refractivity contribution in [1.82, 2.24) is 19.5 Å². The summed E-state index contributed by atoms with van der Waals surface area (Å²) in [6, 6.07) is 10.1. The molecule has 0 atom stereocenters. The summed E-state index contributed by atoms with van der Waals surface area (Å²) < 4.78 is 2.36. The molecule has 3 aromatic heterocycles. The summed E-state index contributed by atoms with van der Waals surface area (Å²) in [6.07, 6.45) is 3.67. The lowest BCUT2D eigenvalue weighted by Gasteiger charge is -2.09. The molecule has 6 heteroatoms. The maximum atomic E-state index is 11.8. The monoisotopic (exact) mass is 296 g/mol. The van der Waals surface area contributed by atoms with Crippen LogP contribution in [0.1, 0.15) is 5.56 Å². The van der Waals surface area contributed by atoms with Crippen molar-refractivity contribution >= 4 is 34.2 Å². The zero-order valence-electron chi connectivity index (χ0n) is 11.0. The Balaban J connectivity index is 1.88. The number of nitrogens with zero attached hydrogens (tertiary/aromatic N) is 1. The van der Waals surface area contributed by atoms with Gasteiger partial charge in [-0.25, -0.2) is 0 Å². The number of rotatable bonds is 2. The van der Waals surface area contributed by atoms with Gasteiger partial charge >= 0.3 is 0 Å². The molecule has 3 N–H and O–H groups in total. The number of aromatic nitrogens is 4. The Kier molecular flexibility index (Phi) is 2.58. The van der Waals surface area contributed by atoms with Crippen molar-refractivity contribution < 1.29 is 0 Å². The molecular formula is C15H12N4OS. The van der Waals surface area contributed by atoms with E-state index in [-0.39, 0.29) is 5.56 Å². The zero-order valence-corrected chi connectivity index (χ0v) is 11.8. The van der Waals surface area contributed by atoms with E-state index in [0.29, 0.717) is 16.8 Å². The molecule has 1 aromatic carbocycles. The standard InChI is InChI=1S/C15H12N4OS/c20-14-13-12(4-6-17-13)19(15(21)18-14)8-9-1-2-11-10(7-9)3-5-16-11/h1-7,16-17H,8H2,(H,18,20,21). The van der Waals surface area contributed by atoms with Gasteiger partial charge in [-0.1, -0.05) is 6.07 Å². The van der Waals surface area contributed by atoms with Crippen molar-refractivity contribution in [3.8, 4) is 0 Å². The molecule has 0 spiro atoms. The quantitative estimate of drug-likeness (QED) is 0.498. The third-order valence-corrected chi connectivity index (χ3v) is 3.99. The minimum absolute atomic E-state index is 0.183. The number of H-pyrrole nitrogens is 3. The van der Waals surface area contributed by atoms with E-state index >= 15 is 0 Å². The van der Waals surface area contributed by atoms with E-state index in [0.717, 1.165) is 22.0 Å². The first-order valence-corrected chi connectivity index (χ1v) is 6.99. The molecule has 0 saturated carbocycles. The lowest BCUT2D eigenvalue weighted by Crippen LogP contribution is -2.14. The summed E-state index contributed by atoms with van der Waals surface area (Å²) in [5, 5.41) is 1.16. The third-order valence-electron chi connectivity index (χ3n) is 3.67. The van der Waals surface area contributed by atoms with Gasteiger partial charge in [0.1, 0.15) is 5.52 Å². The van der Waals surface area contributed by atoms with Crippen LogP contribution in [0.5, 0.6) is 0 Å². The maximum absolute atomic E-state index is 11.8. The van der Waals surface area contributed by atoms with Crippen molar-refractivity contribution in [3.05, 3.63) is 63.4 Å². The van der Waals surface area contributed by atoms with Crippen LogP contribution in [0.25, 0.3) is 21.9 Å². The molecule has 4 rings (SSSR count). The summed E-state index contributed by atoms with van der Waals surface area (Å²) >= 11 is 5.30. The second kappa shape index (κ2) is 4.46. The first-order chi connectivity index (χ1) is 10.2. The van der Waals surface area contributed by atoms with E-state index in [1.165, 1.54) is 0 Å². The van der Waals surface area contributed by atoms with E-state index in [4.69, 9.17) is 12.2 Å². The minimum atomic E-state index is -0.183. The van der Waals surface area contributed by atoms with Crippen LogP contribution in [-0.4, -0.2) is 19.5 Å². The van der Waals surface area contributed by atoms with Crippen molar-refractivity contribution in [2.75, 3.05) is 0 Å². The summed E-state index contributed by atoms with van der Waals surface area (Å²) in [7, 11) is 0. The molecule has 21 heavy (non-hydrogen) atoms. The van der Waals surface area contributed by atoms with Gasteiger partial charge in [0.05, 0.1) is 12.1 Å². The van der Waals surface area contributed by atoms with Crippen LogP contribution < -0.4 is 5.56 Å². The molecule has 0 bridgehead atoms. The van der Waals surface area contributed by atoms with E-state index < -0.39 is 0 Å². The average Bonchev–Trinajstić information content (AvgIpc) is 3.11. The van der Waals surface area contributed by atoms with Crippen LogP contribution in [0, 0.1) is 4.77 Å². The lowest BCUT2D eigenvalue weighted by molar-refractivity contribution is 0.783. The molecule has 0 radical (unpaired) electrons. The van der Waals surface area contributed by atoms with Gasteiger partial charge in [0.25, 0.3) is 5.56 Å². The van der Waals surface area contributed by atoms with E-state index in [1.54, 1.807) is 6.20 Å². The Morgan fingerprint density at radius 2 is 1.95 bits per heavy atom. The Morgan fingerprint density at radius 1 is 1.10 bits per heavy atom. The van der Waals surface area contributed by atoms with Gasteiger partial charge in [-0.15, -0.1) is 0 Å². The van der Waals surface area contributed by atoms with Gasteiger partial charge in [-0.05, 0) is 47.4 Å². The summed E-state index contributed by atoms with van der Waals surface area (Å²) in [5.74, 6) is 0. The highest BCUT2D eigenvalue weighted by atomic mass is 32.1. The number of hydrogen-bond acceptors (Lipinski definition) is 2. The predicted octanol–water partition coefficient (Wildman–Crippen LogP) is 2.92. The topological polar surface area (TPSA) is 69.4 Å². The van der Waals surface area contributed by atoms with Gasteiger partial charge in [-0.3, -0.25) is 9.78 Å². The number of benzene rings is 1. The Hall–Kier alpha value is -2.60. The summed E-state index contributed by atoms with van der Waals surface area (Å²) in [5.41, 5.74) is 3.42. The second-order valence-corrected chi connectivity index (χ2v) is 5.37. The highest BCUT2D eigenvalue weighted by molar-refractivity contribution is 7.71. The molecule has 0 aliphatic rings. The second-order valence-electron chi connectivity index (χ2n) is 4.98. The van der Waals surface area contributed by atoms with Crippen molar-refractivity contribution in [2.24, 2.45) is 0 Å². The van der Waals surface area contributed by atoms with E-state index in [2.05, 4.69) is 27.1 Å². The fourth-order valence-electron chi connectivity index (χ4n) is 2.65. The Labute approximate surface area is 124 Å². The third kappa shape index (κ3) is 1.92. The average molecular weight is 296 g/mol. The maximum Gasteiger partial charge on any atom is 0.276 e. The molecular weight excluding hydrogens is 284 g/mol. The number of nitrogens with one attached hydrogen (secondary N) is 3. The molecule has 0 amide bonds. The molecule has 0 unspecified atom stereocenters. The van der Waals surface area contributed by atoms with Crippen LogP contribution >= 0.6 is 12.2 Å². The van der Waals surface area contributed by atoms with Crippen molar-refractivity contribution in [1.29, 1.82) is 0 Å². The van der Waals surface area contributed by atoms with Crippen LogP contribution in [0.2, 0.25) is 0 Å². The summed E-state index contributed by atoms with van der Waals surface area (Å²) in [6.45, 7) is 0.616. The number of fused-ring (bicyclic) bond motifs is 2. The number of hydrogen-bond donors (Lipinski definition) is 3. The van der Waals surface area contributed by atoms with E-state index in [1.807, 2.05) is 29.0 Å². The fraction of sp³-hybridized carbons (Fsp3) is 0.0667. The Morgan fingerprint density at radius 3 is 2.86 bits per heavy atom. The van der Waals surface area contributed by atoms with Gasteiger partial charge in [0, 0.05) is 17.9 Å². The van der Waals surface area contributed by atoms with Gasteiger partial charge in [-0.2, -0.15) is 0 Å². The largest absolute Gasteiger partial charge is 0.361 e. The van der Waals surface area contributed by atoms with Crippen molar-refractivity contribution in [3.63, 3.8) is 0 Å². The van der Waals surface area contributed by atoms with Crippen LogP contribution in [-0.2, 0) is 6.54 Å². The van der Waals surface area contributed by atoms with Crippen LogP contribution in [0.4, 0.5) is 0 Å². The highest BCUT2D eigenvalue weighted by Crippen LogP contribution is 2.17. The molecule has 4 aromatic rings. The molecule has 5 nitrogen and oxygen atoms in total. The van der Waals surface area contributed by atoms with Gasteiger partial charge in [0.15, 0.2) is 4.77 Å². The molecule has 0 aliphatic heterocycles. The molecule has 3 heterocycles. The van der Waals surface area contributed by atoms with Gasteiger partial charge in [0.2, 0.25) is 0 Å². The molecule has 0 saturated heterocycles. The smallest absolute Gasteiger partial charge is 0.276 e. The molecule has 104 valence electrons. The minimum Gasteiger partial charge on any atom is -0.361 e. The lowest BCUT2D eigenvalue weighted by atomic mass is 10.1. The predicted molar refractivity (Wildman–Crippen MR) is 85.1 cm³/mol. The fourth-order valence-corrected chi connectivity index (χ4v) is 2.90. The first-order valence-electron chi connectivity index (χ1n) is 6.58. The van der Waals surface area contributed by atoms with Crippen LogP contribution in [0.15, 0.2) is 47.5 Å². The summed E-state index contributed by atoms with van der Waals surface area (Å²) in [4.78, 5) is 20.7. The van der Waals surface area contributed by atoms with Crippen molar-refractivity contribution in [2.45, 2.75) is 6.54 Å². The SMILES string of the molecule is O=c1[nH]c(=S)n(Cc2ccc3[nH]ccc3c2)c2cc[nH]c12. The normalized spacial score (nSPS) is 11.4. The molecule has 0 aliphatic carbocycles. The van der Waals surface area contributed by atoms with Gasteiger partial charge < -0.3 is 14.5 Å². The molecule has 0 fully saturated rings. The number of aromatic amines is 3. The first kappa shape index (κ1) is 12.2.